The van der Waals surface area contributed by atoms with Crippen molar-refractivity contribution in [3.8, 4) is 0 Å². The average molecular weight is 707 g/mol. The van der Waals surface area contributed by atoms with Crippen LogP contribution in [-0.4, -0.2) is 70.3 Å². The van der Waals surface area contributed by atoms with Crippen molar-refractivity contribution in [2.24, 2.45) is 28.6 Å². The number of carbonyl (C=O) groups is 6. The molecule has 11 heteroatoms. The Morgan fingerprint density at radius 3 is 2.37 bits per heavy atom. The number of unbranched alkanes of at least 4 members (excludes halogenated alkanes) is 2. The highest BCUT2D eigenvalue weighted by Crippen LogP contribution is 2.67. The first-order valence-electron chi connectivity index (χ1n) is 18.7. The number of Topliss-reactive ketones (excluding diaryl/α,β-unsaturated/α-hetero) is 1. The van der Waals surface area contributed by atoms with E-state index >= 15 is 0 Å². The molecule has 7 unspecified atom stereocenters. The first kappa shape index (κ1) is 38.4. The van der Waals surface area contributed by atoms with Crippen LogP contribution in [-0.2, 0) is 39.9 Å². The van der Waals surface area contributed by atoms with Crippen LogP contribution in [0, 0.1) is 28.6 Å². The quantitative estimate of drug-likeness (QED) is 0.141. The van der Waals surface area contributed by atoms with E-state index in [2.05, 4.69) is 17.6 Å². The summed E-state index contributed by atoms with van der Waals surface area (Å²) in [5.41, 5.74) is -0.0751. The van der Waals surface area contributed by atoms with Crippen molar-refractivity contribution < 1.29 is 43.7 Å². The maximum atomic E-state index is 13.5. The maximum absolute atomic E-state index is 13.5. The summed E-state index contributed by atoms with van der Waals surface area (Å²) < 4.78 is 5.27. The summed E-state index contributed by atoms with van der Waals surface area (Å²) in [4.78, 5) is 74.2. The molecule has 0 heterocycles. The number of esters is 1. The highest BCUT2D eigenvalue weighted by atomic mass is 16.5. The van der Waals surface area contributed by atoms with Crippen LogP contribution in [0.2, 0.25) is 0 Å². The molecule has 0 aromatic heterocycles. The van der Waals surface area contributed by atoms with E-state index in [9.17, 15) is 39.0 Å². The molecule has 0 saturated heterocycles. The molecular weight excluding hydrogens is 652 g/mol. The number of carbonyl (C=O) groups excluding carboxylic acids is 5. The highest BCUT2D eigenvalue weighted by molar-refractivity contribution is 5.92. The summed E-state index contributed by atoms with van der Waals surface area (Å²) in [5.74, 6) is -1.69. The molecule has 0 spiro atoms. The fourth-order valence-corrected chi connectivity index (χ4v) is 9.81. The van der Waals surface area contributed by atoms with Gasteiger partial charge in [0.2, 0.25) is 17.6 Å². The van der Waals surface area contributed by atoms with Crippen LogP contribution >= 0.6 is 0 Å². The maximum Gasteiger partial charge on any atom is 0.326 e. The molecule has 0 bridgehead atoms. The van der Waals surface area contributed by atoms with Gasteiger partial charge >= 0.3 is 11.9 Å². The van der Waals surface area contributed by atoms with Crippen molar-refractivity contribution in [3.63, 3.8) is 0 Å². The van der Waals surface area contributed by atoms with Crippen LogP contribution in [0.5, 0.6) is 0 Å². The zero-order valence-electron chi connectivity index (χ0n) is 30.0. The predicted octanol–water partition coefficient (Wildman–Crippen LogP) is 4.63. The molecule has 0 radical (unpaired) electrons. The van der Waals surface area contributed by atoms with Crippen LogP contribution in [0.25, 0.3) is 0 Å². The lowest BCUT2D eigenvalue weighted by molar-refractivity contribution is -0.170. The molecule has 4 aliphatic rings. The van der Waals surface area contributed by atoms with E-state index in [0.717, 1.165) is 37.7 Å². The SMILES string of the molecule is CC12CCC(=O)C=C1CCC1C2CCC2(C)C1CCC2(O)C(=O)COC(=O)CCC(=O)NCCCCCC(=O)NC(Cc1ccccc1)C(=O)O. The Morgan fingerprint density at radius 1 is 0.882 bits per heavy atom. The lowest BCUT2D eigenvalue weighted by Crippen LogP contribution is -2.58. The minimum absolute atomic E-state index is 0.000793. The van der Waals surface area contributed by atoms with Crippen molar-refractivity contribution in [2.75, 3.05) is 13.2 Å². The highest BCUT2D eigenvalue weighted by Gasteiger charge is 2.66. The van der Waals surface area contributed by atoms with Crippen molar-refractivity contribution >= 4 is 35.3 Å². The van der Waals surface area contributed by atoms with Gasteiger partial charge in [0.15, 0.2) is 12.4 Å². The summed E-state index contributed by atoms with van der Waals surface area (Å²) in [5, 5.41) is 26.6. The third-order valence-corrected chi connectivity index (χ3v) is 12.8. The Kier molecular flexibility index (Phi) is 12.2. The van der Waals surface area contributed by atoms with Crippen LogP contribution in [0.15, 0.2) is 42.0 Å². The smallest absolute Gasteiger partial charge is 0.326 e. The molecule has 1 aromatic rings. The van der Waals surface area contributed by atoms with Crippen LogP contribution in [0.4, 0.5) is 0 Å². The van der Waals surface area contributed by atoms with Gasteiger partial charge in [0.25, 0.3) is 0 Å². The van der Waals surface area contributed by atoms with Gasteiger partial charge in [0.05, 0.1) is 6.42 Å². The van der Waals surface area contributed by atoms with Gasteiger partial charge in [-0.1, -0.05) is 56.2 Å². The van der Waals surface area contributed by atoms with Gasteiger partial charge in [-0.15, -0.1) is 0 Å². The number of hydrogen-bond donors (Lipinski definition) is 4. The molecule has 4 aliphatic carbocycles. The van der Waals surface area contributed by atoms with Gasteiger partial charge in [0, 0.05) is 37.6 Å². The summed E-state index contributed by atoms with van der Waals surface area (Å²) in [6.45, 7) is 4.17. The van der Waals surface area contributed by atoms with E-state index in [1.54, 1.807) is 0 Å². The molecule has 2 amide bonds. The van der Waals surface area contributed by atoms with Gasteiger partial charge < -0.3 is 25.6 Å². The van der Waals surface area contributed by atoms with E-state index in [4.69, 9.17) is 4.74 Å². The second-order valence-corrected chi connectivity index (χ2v) is 15.7. The molecule has 3 fully saturated rings. The molecular formula is C40H54N2O9. The largest absolute Gasteiger partial charge is 0.480 e. The number of amides is 2. The van der Waals surface area contributed by atoms with Crippen molar-refractivity contribution in [1.82, 2.24) is 10.6 Å². The van der Waals surface area contributed by atoms with E-state index in [0.29, 0.717) is 56.9 Å². The molecule has 7 atom stereocenters. The zero-order chi connectivity index (χ0) is 36.8. The number of rotatable bonds is 16. The van der Waals surface area contributed by atoms with Gasteiger partial charge in [-0.3, -0.25) is 24.0 Å². The number of carboxylic acids is 1. The summed E-state index contributed by atoms with van der Waals surface area (Å²) in [6, 6.07) is 8.09. The minimum Gasteiger partial charge on any atom is -0.480 e. The van der Waals surface area contributed by atoms with Gasteiger partial charge in [-0.25, -0.2) is 4.79 Å². The monoisotopic (exact) mass is 706 g/mol. The second kappa shape index (κ2) is 16.2. The molecule has 0 aliphatic heterocycles. The number of aliphatic carboxylic acids is 1. The fraction of sp³-hybridized carbons (Fsp3) is 0.650. The molecule has 51 heavy (non-hydrogen) atoms. The number of aliphatic hydroxyl groups is 1. The fourth-order valence-electron chi connectivity index (χ4n) is 9.81. The van der Waals surface area contributed by atoms with E-state index in [-0.39, 0.29) is 54.6 Å². The average Bonchev–Trinajstić information content (AvgIpc) is 3.39. The van der Waals surface area contributed by atoms with Crippen LogP contribution < -0.4 is 10.6 Å². The molecule has 278 valence electrons. The Bertz CT molecular complexity index is 1520. The van der Waals surface area contributed by atoms with Gasteiger partial charge in [-0.05, 0) is 92.6 Å². The molecule has 1 aromatic carbocycles. The van der Waals surface area contributed by atoms with E-state index in [1.807, 2.05) is 43.3 Å². The van der Waals surface area contributed by atoms with Crippen LogP contribution in [0.1, 0.15) is 109 Å². The second-order valence-electron chi connectivity index (χ2n) is 15.7. The van der Waals surface area contributed by atoms with E-state index in [1.165, 1.54) is 5.57 Å². The van der Waals surface area contributed by atoms with Crippen LogP contribution in [0.3, 0.4) is 0 Å². The standard InChI is InChI=1S/C40H54N2O9/c1-38-19-16-28(43)24-27(38)12-13-29-30(38)17-20-39(2)31(29)18-21-40(39,50)33(44)25-51-36(47)15-14-34(45)41-22-8-4-7-11-35(46)42-32(37(48)49)23-26-9-5-3-6-10-26/h3,5-6,9-10,24,29-32,50H,4,7-8,11-23,25H2,1-2H3,(H,41,45)(H,42,46)(H,48,49). The lowest BCUT2D eigenvalue weighted by Gasteiger charge is -2.58. The molecule has 4 N–H and O–H groups in total. The van der Waals surface area contributed by atoms with Crippen molar-refractivity contribution in [3.05, 3.63) is 47.5 Å². The topological polar surface area (TPSA) is 176 Å². The third kappa shape index (κ3) is 8.45. The third-order valence-electron chi connectivity index (χ3n) is 12.8. The predicted molar refractivity (Wildman–Crippen MR) is 188 cm³/mol. The number of ether oxygens (including phenoxy) is 1. The Labute approximate surface area is 300 Å². The van der Waals surface area contributed by atoms with Crippen molar-refractivity contribution in [2.45, 2.75) is 122 Å². The lowest BCUT2D eigenvalue weighted by atomic mass is 9.46. The first-order chi connectivity index (χ1) is 24.3. The Balaban J connectivity index is 0.970. The number of fused-ring (bicyclic) bond motifs is 5. The molecule has 3 saturated carbocycles. The number of carboxylic acid groups (broad SMARTS) is 1. The summed E-state index contributed by atoms with van der Waals surface area (Å²) in [7, 11) is 0. The van der Waals surface area contributed by atoms with E-state index < -0.39 is 41.4 Å². The number of ketones is 2. The summed E-state index contributed by atoms with van der Waals surface area (Å²) in [6.07, 6.45) is 9.75. The molecule has 11 nitrogen and oxygen atoms in total. The zero-order valence-corrected chi connectivity index (χ0v) is 30.0. The number of nitrogens with one attached hydrogen (secondary N) is 2. The normalized spacial score (nSPS) is 30.1. The number of allylic oxidation sites excluding steroid dienone is 1. The first-order valence-corrected chi connectivity index (χ1v) is 18.7. The minimum atomic E-state index is -1.57. The number of benzene rings is 1. The Morgan fingerprint density at radius 2 is 1.63 bits per heavy atom. The number of hydrogen-bond acceptors (Lipinski definition) is 8. The van der Waals surface area contributed by atoms with Crippen molar-refractivity contribution in [1.29, 1.82) is 0 Å². The summed E-state index contributed by atoms with van der Waals surface area (Å²) >= 11 is 0. The Hall–Kier alpha value is -3.86. The molecule has 5 rings (SSSR count). The van der Waals surface area contributed by atoms with Gasteiger partial charge in [0.1, 0.15) is 11.6 Å². The van der Waals surface area contributed by atoms with Gasteiger partial charge in [-0.2, -0.15) is 0 Å².